The van der Waals surface area contributed by atoms with Crippen molar-refractivity contribution in [2.45, 2.75) is 0 Å². The molecule has 0 heterocycles. The maximum Gasteiger partial charge on any atom is 0.139 e. The lowest BCUT2D eigenvalue weighted by molar-refractivity contribution is 0.318. The number of ether oxygens (including phenoxy) is 1. The fourth-order valence-electron chi connectivity index (χ4n) is 0.951. The maximum atomic E-state index is 12.9. The van der Waals surface area contributed by atoms with Crippen molar-refractivity contribution in [3.63, 3.8) is 0 Å². The SMILES string of the molecule is Cl.NC/C=C(/F)COc1cc(Cl)cc(Cl)c1. The summed E-state index contributed by atoms with van der Waals surface area (Å²) in [6, 6.07) is 4.69. The number of nitrogens with two attached hydrogens (primary N) is 1. The van der Waals surface area contributed by atoms with E-state index in [1.165, 1.54) is 6.08 Å². The summed E-state index contributed by atoms with van der Waals surface area (Å²) in [4.78, 5) is 0. The fraction of sp³-hybridized carbons (Fsp3) is 0.200. The Morgan fingerprint density at radius 3 is 2.38 bits per heavy atom. The first-order valence-corrected chi connectivity index (χ1v) is 5.01. The Bertz CT molecular complexity index is 351. The Kier molecular flexibility index (Phi) is 7.51. The third-order valence-electron chi connectivity index (χ3n) is 1.55. The van der Waals surface area contributed by atoms with Crippen molar-refractivity contribution in [1.82, 2.24) is 0 Å². The van der Waals surface area contributed by atoms with Crippen molar-refractivity contribution in [3.8, 4) is 5.75 Å². The zero-order chi connectivity index (χ0) is 11.3. The molecule has 1 aromatic carbocycles. The number of rotatable bonds is 4. The van der Waals surface area contributed by atoms with E-state index in [-0.39, 0.29) is 25.6 Å². The van der Waals surface area contributed by atoms with Crippen molar-refractivity contribution >= 4 is 35.6 Å². The van der Waals surface area contributed by atoms with Crippen molar-refractivity contribution in [2.75, 3.05) is 13.2 Å². The van der Waals surface area contributed by atoms with Gasteiger partial charge < -0.3 is 10.5 Å². The van der Waals surface area contributed by atoms with E-state index in [0.29, 0.717) is 15.8 Å². The highest BCUT2D eigenvalue weighted by molar-refractivity contribution is 6.34. The molecule has 0 amide bonds. The quantitative estimate of drug-likeness (QED) is 0.918. The van der Waals surface area contributed by atoms with Gasteiger partial charge in [-0.2, -0.15) is 0 Å². The first-order chi connectivity index (χ1) is 7.11. The topological polar surface area (TPSA) is 35.2 Å². The van der Waals surface area contributed by atoms with Crippen LogP contribution in [0.5, 0.6) is 5.75 Å². The highest BCUT2D eigenvalue weighted by atomic mass is 35.5. The van der Waals surface area contributed by atoms with Crippen LogP contribution >= 0.6 is 35.6 Å². The molecule has 0 bridgehead atoms. The molecule has 90 valence electrons. The van der Waals surface area contributed by atoms with Gasteiger partial charge in [0.25, 0.3) is 0 Å². The van der Waals surface area contributed by atoms with Crippen molar-refractivity contribution < 1.29 is 9.13 Å². The predicted octanol–water partition coefficient (Wildman–Crippen LogP) is 3.61. The average Bonchev–Trinajstić information content (AvgIpc) is 2.14. The maximum absolute atomic E-state index is 12.9. The van der Waals surface area contributed by atoms with Gasteiger partial charge in [-0.1, -0.05) is 23.2 Å². The first-order valence-electron chi connectivity index (χ1n) is 4.25. The van der Waals surface area contributed by atoms with E-state index in [1.54, 1.807) is 18.2 Å². The third kappa shape index (κ3) is 5.56. The molecule has 0 saturated heterocycles. The lowest BCUT2D eigenvalue weighted by Crippen LogP contribution is -2.01. The van der Waals surface area contributed by atoms with Gasteiger partial charge in [0.05, 0.1) is 0 Å². The largest absolute Gasteiger partial charge is 0.486 e. The van der Waals surface area contributed by atoms with Crippen molar-refractivity contribution in [3.05, 3.63) is 40.1 Å². The molecular formula is C10H11Cl3FNO. The molecule has 1 aromatic rings. The van der Waals surface area contributed by atoms with Crippen LogP contribution in [0.4, 0.5) is 4.39 Å². The minimum Gasteiger partial charge on any atom is -0.486 e. The van der Waals surface area contributed by atoms with Gasteiger partial charge in [0.15, 0.2) is 0 Å². The van der Waals surface area contributed by atoms with Crippen LogP contribution in [0.3, 0.4) is 0 Å². The Labute approximate surface area is 110 Å². The summed E-state index contributed by atoms with van der Waals surface area (Å²) in [5.74, 6) is 0.00155. The Hall–Kier alpha value is -0.480. The number of hydrogen-bond donors (Lipinski definition) is 1. The molecule has 2 N–H and O–H groups in total. The molecule has 0 atom stereocenters. The van der Waals surface area contributed by atoms with Crippen LogP contribution in [0, 0.1) is 0 Å². The second-order valence-corrected chi connectivity index (χ2v) is 3.65. The molecule has 0 aliphatic carbocycles. The van der Waals surface area contributed by atoms with Crippen molar-refractivity contribution in [1.29, 1.82) is 0 Å². The standard InChI is InChI=1S/C10H10Cl2FNO.ClH/c11-7-3-8(12)5-10(4-7)15-6-9(13)1-2-14;/h1,3-5H,2,6,14H2;1H/b9-1+;. The van der Waals surface area contributed by atoms with Gasteiger partial charge in [-0.05, 0) is 24.3 Å². The summed E-state index contributed by atoms with van der Waals surface area (Å²) in [6.45, 7) is -0.0284. The van der Waals surface area contributed by atoms with Crippen LogP contribution in [-0.4, -0.2) is 13.2 Å². The molecule has 0 fully saturated rings. The monoisotopic (exact) mass is 285 g/mol. The van der Waals surface area contributed by atoms with Gasteiger partial charge in [0.2, 0.25) is 0 Å². The van der Waals surface area contributed by atoms with Crippen LogP contribution in [0.1, 0.15) is 0 Å². The van der Waals surface area contributed by atoms with Crippen LogP contribution in [0.2, 0.25) is 10.0 Å². The van der Waals surface area contributed by atoms with Crippen molar-refractivity contribution in [2.24, 2.45) is 5.73 Å². The van der Waals surface area contributed by atoms with E-state index in [9.17, 15) is 4.39 Å². The van der Waals surface area contributed by atoms with Crippen LogP contribution in [0.15, 0.2) is 30.1 Å². The van der Waals surface area contributed by atoms with E-state index < -0.39 is 5.83 Å². The second-order valence-electron chi connectivity index (χ2n) is 2.78. The third-order valence-corrected chi connectivity index (χ3v) is 1.99. The van der Waals surface area contributed by atoms with Gasteiger partial charge in [0, 0.05) is 16.6 Å². The average molecular weight is 287 g/mol. The second kappa shape index (κ2) is 7.74. The zero-order valence-corrected chi connectivity index (χ0v) is 10.6. The smallest absolute Gasteiger partial charge is 0.139 e. The molecule has 1 rings (SSSR count). The van der Waals surface area contributed by atoms with E-state index in [0.717, 1.165) is 0 Å². The van der Waals surface area contributed by atoms with Gasteiger partial charge >= 0.3 is 0 Å². The molecule has 0 aliphatic rings. The molecule has 16 heavy (non-hydrogen) atoms. The first kappa shape index (κ1) is 15.5. The number of hydrogen-bond acceptors (Lipinski definition) is 2. The molecule has 2 nitrogen and oxygen atoms in total. The Morgan fingerprint density at radius 1 is 1.31 bits per heavy atom. The summed E-state index contributed by atoms with van der Waals surface area (Å²) < 4.78 is 18.0. The number of halogens is 4. The van der Waals surface area contributed by atoms with E-state index >= 15 is 0 Å². The van der Waals surface area contributed by atoms with Gasteiger partial charge in [-0.25, -0.2) is 4.39 Å². The Balaban J connectivity index is 0.00000225. The summed E-state index contributed by atoms with van der Waals surface area (Å²) in [7, 11) is 0. The van der Waals surface area contributed by atoms with Crippen LogP contribution in [0.25, 0.3) is 0 Å². The minimum atomic E-state index is -0.423. The molecule has 6 heteroatoms. The van der Waals surface area contributed by atoms with Gasteiger partial charge in [0.1, 0.15) is 18.2 Å². The highest BCUT2D eigenvalue weighted by Gasteiger charge is 2.00. The van der Waals surface area contributed by atoms with E-state index in [2.05, 4.69) is 0 Å². The van der Waals surface area contributed by atoms with Gasteiger partial charge in [-0.15, -0.1) is 12.4 Å². The fourth-order valence-corrected chi connectivity index (χ4v) is 1.46. The normalized spacial score (nSPS) is 10.9. The minimum absolute atomic E-state index is 0. The summed E-state index contributed by atoms with van der Waals surface area (Å²) in [5, 5.41) is 0.890. The molecule has 0 unspecified atom stereocenters. The van der Waals surface area contributed by atoms with E-state index in [1.807, 2.05) is 0 Å². The van der Waals surface area contributed by atoms with E-state index in [4.69, 9.17) is 33.7 Å². The van der Waals surface area contributed by atoms with Crippen LogP contribution < -0.4 is 10.5 Å². The summed E-state index contributed by atoms with van der Waals surface area (Å²) >= 11 is 11.5. The summed E-state index contributed by atoms with van der Waals surface area (Å²) in [5.41, 5.74) is 5.13. The van der Waals surface area contributed by atoms with Crippen LogP contribution in [-0.2, 0) is 0 Å². The summed E-state index contributed by atoms with van der Waals surface area (Å²) in [6.07, 6.45) is 1.24. The molecule has 0 radical (unpaired) electrons. The lowest BCUT2D eigenvalue weighted by atomic mass is 10.3. The zero-order valence-electron chi connectivity index (χ0n) is 8.25. The molecule has 0 aliphatic heterocycles. The predicted molar refractivity (Wildman–Crippen MR) is 67.5 cm³/mol. The highest BCUT2D eigenvalue weighted by Crippen LogP contribution is 2.24. The Morgan fingerprint density at radius 2 is 1.88 bits per heavy atom. The molecular weight excluding hydrogens is 275 g/mol. The molecule has 0 aromatic heterocycles. The molecule has 0 spiro atoms. The number of benzene rings is 1. The van der Waals surface area contributed by atoms with Gasteiger partial charge in [-0.3, -0.25) is 0 Å². The lowest BCUT2D eigenvalue weighted by Gasteiger charge is -2.05. The molecule has 0 saturated carbocycles.